The number of hydrogen-bond donors (Lipinski definition) is 1. The number of esters is 1. The van der Waals surface area contributed by atoms with Crippen LogP contribution in [0, 0.1) is 5.82 Å². The summed E-state index contributed by atoms with van der Waals surface area (Å²) in [6.07, 6.45) is -0.436. The van der Waals surface area contributed by atoms with Crippen molar-refractivity contribution in [1.29, 1.82) is 0 Å². The zero-order valence-corrected chi connectivity index (χ0v) is 9.23. The van der Waals surface area contributed by atoms with Gasteiger partial charge in [0.05, 0.1) is 5.69 Å². The van der Waals surface area contributed by atoms with E-state index in [1.54, 1.807) is 0 Å². The van der Waals surface area contributed by atoms with Gasteiger partial charge in [0.25, 0.3) is 0 Å². The number of fused-ring (bicyclic) bond motifs is 1. The van der Waals surface area contributed by atoms with Crippen molar-refractivity contribution in [3.05, 3.63) is 17.9 Å². The topological polar surface area (TPSA) is 70.8 Å². The summed E-state index contributed by atoms with van der Waals surface area (Å²) in [7, 11) is 0. The standard InChI is InChI=1S/C11H12FNO4/c1-6(14)15-4-7-5-16-10-3-9(13)8(12)2-11(10)17-7/h2-3,7H,4-5,13H2,1H3. The molecule has 17 heavy (non-hydrogen) atoms. The van der Waals surface area contributed by atoms with E-state index in [0.717, 1.165) is 6.07 Å². The van der Waals surface area contributed by atoms with Crippen molar-refractivity contribution in [1.82, 2.24) is 0 Å². The summed E-state index contributed by atoms with van der Waals surface area (Å²) in [6.45, 7) is 1.60. The van der Waals surface area contributed by atoms with Gasteiger partial charge in [0, 0.05) is 19.1 Å². The highest BCUT2D eigenvalue weighted by atomic mass is 19.1. The number of benzene rings is 1. The molecule has 2 rings (SSSR count). The zero-order chi connectivity index (χ0) is 12.4. The van der Waals surface area contributed by atoms with Gasteiger partial charge in [0.2, 0.25) is 0 Å². The lowest BCUT2D eigenvalue weighted by atomic mass is 10.2. The SMILES string of the molecule is CC(=O)OCC1COc2cc(N)c(F)cc2O1. The molecule has 0 spiro atoms. The average Bonchev–Trinajstić information content (AvgIpc) is 2.28. The molecule has 0 radical (unpaired) electrons. The molecule has 6 heteroatoms. The quantitative estimate of drug-likeness (QED) is 0.620. The van der Waals surface area contributed by atoms with Crippen LogP contribution < -0.4 is 15.2 Å². The number of halogens is 1. The van der Waals surface area contributed by atoms with Crippen LogP contribution >= 0.6 is 0 Å². The maximum atomic E-state index is 13.2. The third-order valence-electron chi connectivity index (χ3n) is 2.25. The molecule has 5 nitrogen and oxygen atoms in total. The van der Waals surface area contributed by atoms with E-state index < -0.39 is 17.9 Å². The van der Waals surface area contributed by atoms with Gasteiger partial charge in [-0.15, -0.1) is 0 Å². The molecule has 0 fully saturated rings. The van der Waals surface area contributed by atoms with Gasteiger partial charge in [0.1, 0.15) is 19.0 Å². The monoisotopic (exact) mass is 241 g/mol. The summed E-state index contributed by atoms with van der Waals surface area (Å²) < 4.78 is 28.8. The van der Waals surface area contributed by atoms with Crippen LogP contribution in [0.5, 0.6) is 11.5 Å². The number of carbonyl (C=O) groups is 1. The first kappa shape index (κ1) is 11.5. The molecular formula is C11H12FNO4. The Balaban J connectivity index is 2.08. The summed E-state index contributed by atoms with van der Waals surface area (Å²) in [5.74, 6) is -0.313. The molecule has 0 saturated heterocycles. The number of carbonyl (C=O) groups excluding carboxylic acids is 1. The highest BCUT2D eigenvalue weighted by Gasteiger charge is 2.23. The Kier molecular flexibility index (Phi) is 3.03. The fraction of sp³-hybridized carbons (Fsp3) is 0.364. The number of rotatable bonds is 2. The molecular weight excluding hydrogens is 229 g/mol. The van der Waals surface area contributed by atoms with E-state index in [-0.39, 0.29) is 24.7 Å². The van der Waals surface area contributed by atoms with Gasteiger partial charge in [-0.2, -0.15) is 0 Å². The molecule has 0 amide bonds. The Morgan fingerprint density at radius 2 is 2.35 bits per heavy atom. The van der Waals surface area contributed by atoms with Gasteiger partial charge in [0.15, 0.2) is 17.6 Å². The number of hydrogen-bond acceptors (Lipinski definition) is 5. The molecule has 2 N–H and O–H groups in total. The van der Waals surface area contributed by atoms with E-state index in [1.807, 2.05) is 0 Å². The van der Waals surface area contributed by atoms with Crippen molar-refractivity contribution in [2.45, 2.75) is 13.0 Å². The molecule has 1 aromatic carbocycles. The third-order valence-corrected chi connectivity index (χ3v) is 2.25. The highest BCUT2D eigenvalue weighted by molar-refractivity contribution is 5.65. The van der Waals surface area contributed by atoms with Gasteiger partial charge in [-0.05, 0) is 0 Å². The lowest BCUT2D eigenvalue weighted by molar-refractivity contribution is -0.144. The summed E-state index contributed by atoms with van der Waals surface area (Å²) in [5, 5.41) is 0. The molecule has 1 unspecified atom stereocenters. The normalized spacial score (nSPS) is 17.6. The average molecular weight is 241 g/mol. The third kappa shape index (κ3) is 2.58. The number of nitrogens with two attached hydrogens (primary N) is 1. The van der Waals surface area contributed by atoms with E-state index in [4.69, 9.17) is 19.9 Å². The van der Waals surface area contributed by atoms with Crippen molar-refractivity contribution in [2.24, 2.45) is 0 Å². The summed E-state index contributed by atoms with van der Waals surface area (Å²) in [4.78, 5) is 10.6. The molecule has 1 aromatic rings. The summed E-state index contributed by atoms with van der Waals surface area (Å²) in [6, 6.07) is 2.53. The number of ether oxygens (including phenoxy) is 3. The minimum atomic E-state index is -0.569. The molecule has 1 aliphatic heterocycles. The van der Waals surface area contributed by atoms with Crippen LogP contribution in [0.15, 0.2) is 12.1 Å². The fourth-order valence-corrected chi connectivity index (χ4v) is 1.44. The Bertz CT molecular complexity index is 449. The largest absolute Gasteiger partial charge is 0.486 e. The van der Waals surface area contributed by atoms with Gasteiger partial charge < -0.3 is 19.9 Å². The van der Waals surface area contributed by atoms with Crippen LogP contribution in [0.25, 0.3) is 0 Å². The molecule has 92 valence electrons. The second-order valence-corrected chi connectivity index (χ2v) is 3.67. The van der Waals surface area contributed by atoms with E-state index >= 15 is 0 Å². The Morgan fingerprint density at radius 1 is 1.59 bits per heavy atom. The molecule has 0 aliphatic carbocycles. The van der Waals surface area contributed by atoms with Crippen molar-refractivity contribution >= 4 is 11.7 Å². The Morgan fingerprint density at radius 3 is 3.06 bits per heavy atom. The van der Waals surface area contributed by atoms with E-state index in [2.05, 4.69) is 0 Å². The molecule has 1 atom stereocenters. The lowest BCUT2D eigenvalue weighted by Gasteiger charge is -2.26. The summed E-state index contributed by atoms with van der Waals surface area (Å²) in [5.41, 5.74) is 5.40. The highest BCUT2D eigenvalue weighted by Crippen LogP contribution is 2.35. The number of nitrogen functional groups attached to an aromatic ring is 1. The zero-order valence-electron chi connectivity index (χ0n) is 9.23. The molecule has 0 aromatic heterocycles. The van der Waals surface area contributed by atoms with Crippen LogP contribution in [0.1, 0.15) is 6.92 Å². The number of anilines is 1. The Hall–Kier alpha value is -1.98. The second-order valence-electron chi connectivity index (χ2n) is 3.67. The molecule has 1 aliphatic rings. The second kappa shape index (κ2) is 4.48. The van der Waals surface area contributed by atoms with Gasteiger partial charge >= 0.3 is 5.97 Å². The maximum absolute atomic E-state index is 13.2. The van der Waals surface area contributed by atoms with Crippen molar-refractivity contribution in [3.63, 3.8) is 0 Å². The fourth-order valence-electron chi connectivity index (χ4n) is 1.44. The van der Waals surface area contributed by atoms with Crippen LogP contribution in [0.2, 0.25) is 0 Å². The first-order chi connectivity index (χ1) is 8.06. The first-order valence-electron chi connectivity index (χ1n) is 5.08. The van der Waals surface area contributed by atoms with Crippen LogP contribution in [0.4, 0.5) is 10.1 Å². The van der Waals surface area contributed by atoms with E-state index in [9.17, 15) is 9.18 Å². The van der Waals surface area contributed by atoms with Gasteiger partial charge in [-0.25, -0.2) is 4.39 Å². The van der Waals surface area contributed by atoms with Crippen molar-refractivity contribution < 1.29 is 23.4 Å². The maximum Gasteiger partial charge on any atom is 0.302 e. The molecule has 1 heterocycles. The van der Waals surface area contributed by atoms with Crippen molar-refractivity contribution in [3.8, 4) is 11.5 Å². The van der Waals surface area contributed by atoms with E-state index in [0.29, 0.717) is 5.75 Å². The first-order valence-corrected chi connectivity index (χ1v) is 5.08. The van der Waals surface area contributed by atoms with Gasteiger partial charge in [-0.3, -0.25) is 4.79 Å². The van der Waals surface area contributed by atoms with Crippen LogP contribution in [-0.4, -0.2) is 25.3 Å². The smallest absolute Gasteiger partial charge is 0.302 e. The van der Waals surface area contributed by atoms with Crippen molar-refractivity contribution in [2.75, 3.05) is 18.9 Å². The van der Waals surface area contributed by atoms with E-state index in [1.165, 1.54) is 13.0 Å². The van der Waals surface area contributed by atoms with Crippen LogP contribution in [0.3, 0.4) is 0 Å². The predicted octanol–water partition coefficient (Wildman–Crippen LogP) is 1.11. The minimum absolute atomic E-state index is 0.00536. The minimum Gasteiger partial charge on any atom is -0.486 e. The predicted molar refractivity (Wildman–Crippen MR) is 57.4 cm³/mol. The Labute approximate surface area is 97.3 Å². The molecule has 0 bridgehead atoms. The van der Waals surface area contributed by atoms with Gasteiger partial charge in [-0.1, -0.05) is 0 Å². The molecule has 0 saturated carbocycles. The van der Waals surface area contributed by atoms with Crippen LogP contribution in [-0.2, 0) is 9.53 Å². The lowest BCUT2D eigenvalue weighted by Crippen LogP contribution is -2.34. The summed E-state index contributed by atoms with van der Waals surface area (Å²) >= 11 is 0.